The van der Waals surface area contributed by atoms with E-state index in [0.29, 0.717) is 19.0 Å². The number of ether oxygens (including phenoxy) is 1. The van der Waals surface area contributed by atoms with Gasteiger partial charge in [-0.25, -0.2) is 9.18 Å². The second-order valence-electron chi connectivity index (χ2n) is 8.06. The highest BCUT2D eigenvalue weighted by Gasteiger charge is 2.34. The molecule has 0 aromatic heterocycles. The van der Waals surface area contributed by atoms with Gasteiger partial charge < -0.3 is 9.64 Å². The van der Waals surface area contributed by atoms with Gasteiger partial charge in [0.1, 0.15) is 29.9 Å². The van der Waals surface area contributed by atoms with Gasteiger partial charge in [0.25, 0.3) is 0 Å². The zero-order valence-electron chi connectivity index (χ0n) is 18.1. The third kappa shape index (κ3) is 5.50. The van der Waals surface area contributed by atoms with Gasteiger partial charge in [-0.1, -0.05) is 37.6 Å². The Kier molecular flexibility index (Phi) is 7.67. The van der Waals surface area contributed by atoms with Crippen LogP contribution in [0.25, 0.3) is 0 Å². The van der Waals surface area contributed by atoms with Crippen molar-refractivity contribution in [1.82, 2.24) is 9.80 Å². The summed E-state index contributed by atoms with van der Waals surface area (Å²) in [6.45, 7) is 8.02. The molecule has 0 unspecified atom stereocenters. The van der Waals surface area contributed by atoms with Gasteiger partial charge in [-0.15, -0.1) is 0 Å². The zero-order valence-corrected chi connectivity index (χ0v) is 18.1. The van der Waals surface area contributed by atoms with E-state index in [9.17, 15) is 9.18 Å². The first kappa shape index (κ1) is 22.1. The van der Waals surface area contributed by atoms with Gasteiger partial charge in [0, 0.05) is 19.1 Å². The number of rotatable bonds is 8. The van der Waals surface area contributed by atoms with E-state index < -0.39 is 0 Å². The van der Waals surface area contributed by atoms with Crippen LogP contribution in [-0.4, -0.2) is 41.1 Å². The molecule has 160 valence electrons. The highest BCUT2D eigenvalue weighted by molar-refractivity contribution is 5.54. The summed E-state index contributed by atoms with van der Waals surface area (Å²) < 4.78 is 19.2. The minimum absolute atomic E-state index is 0.108. The molecular formula is C25H31FN2O2. The SMILES string of the molecule is CCCCc1ccc(OCN2C[C@@H](C)N(Cc3ccc(F)cc3)C(=C=O)[C@@H]2C)cc1. The van der Waals surface area contributed by atoms with Gasteiger partial charge >= 0.3 is 0 Å². The number of hydrogen-bond donors (Lipinski definition) is 0. The van der Waals surface area contributed by atoms with Crippen molar-refractivity contribution in [1.29, 1.82) is 0 Å². The summed E-state index contributed by atoms with van der Waals surface area (Å²) in [6.07, 6.45) is 3.47. The first-order valence-corrected chi connectivity index (χ1v) is 10.7. The first-order chi connectivity index (χ1) is 14.5. The van der Waals surface area contributed by atoms with Crippen LogP contribution >= 0.6 is 0 Å². The van der Waals surface area contributed by atoms with E-state index in [1.54, 1.807) is 12.1 Å². The molecule has 2 aromatic carbocycles. The van der Waals surface area contributed by atoms with Crippen molar-refractivity contribution in [3.8, 4) is 5.75 Å². The van der Waals surface area contributed by atoms with E-state index in [-0.39, 0.29) is 17.9 Å². The Morgan fingerprint density at radius 3 is 2.37 bits per heavy atom. The van der Waals surface area contributed by atoms with Crippen LogP contribution in [0.1, 0.15) is 44.7 Å². The summed E-state index contributed by atoms with van der Waals surface area (Å²) in [5.74, 6) is 2.72. The van der Waals surface area contributed by atoms with Gasteiger partial charge in [-0.05, 0) is 62.1 Å². The summed E-state index contributed by atoms with van der Waals surface area (Å²) in [7, 11) is 0. The lowest BCUT2D eigenvalue weighted by Crippen LogP contribution is -2.55. The topological polar surface area (TPSA) is 32.8 Å². The third-order valence-electron chi connectivity index (χ3n) is 5.79. The Balaban J connectivity index is 1.61. The van der Waals surface area contributed by atoms with Crippen molar-refractivity contribution in [2.75, 3.05) is 13.3 Å². The minimum atomic E-state index is -0.258. The van der Waals surface area contributed by atoms with Gasteiger partial charge in [0.15, 0.2) is 0 Å². The lowest BCUT2D eigenvalue weighted by Gasteiger charge is -2.45. The van der Waals surface area contributed by atoms with Crippen LogP contribution in [0.4, 0.5) is 4.39 Å². The predicted molar refractivity (Wildman–Crippen MR) is 117 cm³/mol. The molecule has 1 heterocycles. The summed E-state index contributed by atoms with van der Waals surface area (Å²) in [4.78, 5) is 16.0. The van der Waals surface area contributed by atoms with Crippen molar-refractivity contribution in [2.45, 2.75) is 58.7 Å². The van der Waals surface area contributed by atoms with Crippen LogP contribution in [0, 0.1) is 5.82 Å². The maximum absolute atomic E-state index is 13.2. The molecule has 0 bridgehead atoms. The van der Waals surface area contributed by atoms with Crippen molar-refractivity contribution < 1.29 is 13.9 Å². The van der Waals surface area contributed by atoms with Crippen molar-refractivity contribution in [3.63, 3.8) is 0 Å². The van der Waals surface area contributed by atoms with E-state index in [1.165, 1.54) is 30.5 Å². The van der Waals surface area contributed by atoms with Crippen LogP contribution in [0.5, 0.6) is 5.75 Å². The zero-order chi connectivity index (χ0) is 21.5. The molecule has 4 nitrogen and oxygen atoms in total. The van der Waals surface area contributed by atoms with Crippen LogP contribution in [0.2, 0.25) is 0 Å². The van der Waals surface area contributed by atoms with E-state index in [2.05, 4.69) is 41.7 Å². The van der Waals surface area contributed by atoms with Gasteiger partial charge in [0.2, 0.25) is 0 Å². The number of benzene rings is 2. The molecule has 2 atom stereocenters. The number of nitrogens with zero attached hydrogens (tertiary/aromatic N) is 2. The molecule has 2 aromatic rings. The van der Waals surface area contributed by atoms with Crippen LogP contribution < -0.4 is 4.74 Å². The molecule has 1 aliphatic heterocycles. The quantitative estimate of drug-likeness (QED) is 0.585. The molecule has 0 radical (unpaired) electrons. The highest BCUT2D eigenvalue weighted by Crippen LogP contribution is 2.26. The summed E-state index contributed by atoms with van der Waals surface area (Å²) in [6, 6.07) is 14.7. The van der Waals surface area contributed by atoms with E-state index in [4.69, 9.17) is 4.74 Å². The predicted octanol–water partition coefficient (Wildman–Crippen LogP) is 4.81. The van der Waals surface area contributed by atoms with Crippen LogP contribution in [-0.2, 0) is 17.8 Å². The fourth-order valence-electron chi connectivity index (χ4n) is 3.87. The Bertz CT molecular complexity index is 860. The smallest absolute Gasteiger partial charge is 0.147 e. The maximum Gasteiger partial charge on any atom is 0.147 e. The Labute approximate surface area is 178 Å². The Hall–Kier alpha value is -2.62. The summed E-state index contributed by atoms with van der Waals surface area (Å²) in [5.41, 5.74) is 2.90. The number of hydrogen-bond acceptors (Lipinski definition) is 4. The Morgan fingerprint density at radius 2 is 1.73 bits per heavy atom. The second-order valence-corrected chi connectivity index (χ2v) is 8.06. The van der Waals surface area contributed by atoms with Crippen molar-refractivity contribution in [3.05, 3.63) is 71.2 Å². The molecule has 0 amide bonds. The molecule has 0 N–H and O–H groups in total. The molecule has 3 rings (SSSR count). The number of halogens is 1. The van der Waals surface area contributed by atoms with Crippen molar-refractivity contribution in [2.24, 2.45) is 0 Å². The number of unbranched alkanes of at least 4 members (excludes halogenated alkanes) is 1. The molecule has 0 aliphatic carbocycles. The monoisotopic (exact) mass is 410 g/mol. The molecule has 30 heavy (non-hydrogen) atoms. The number of piperazine rings is 1. The summed E-state index contributed by atoms with van der Waals surface area (Å²) in [5, 5.41) is 0. The van der Waals surface area contributed by atoms with E-state index >= 15 is 0 Å². The Morgan fingerprint density at radius 1 is 1.07 bits per heavy atom. The molecule has 1 fully saturated rings. The van der Waals surface area contributed by atoms with Crippen molar-refractivity contribution >= 4 is 5.94 Å². The average Bonchev–Trinajstić information content (AvgIpc) is 2.76. The lowest BCUT2D eigenvalue weighted by atomic mass is 10.0. The third-order valence-corrected chi connectivity index (χ3v) is 5.79. The number of carbonyl (C=O) groups excluding carboxylic acids is 1. The molecule has 1 aliphatic rings. The van der Waals surface area contributed by atoms with Crippen LogP contribution in [0.15, 0.2) is 54.2 Å². The first-order valence-electron chi connectivity index (χ1n) is 10.7. The fourth-order valence-corrected chi connectivity index (χ4v) is 3.87. The average molecular weight is 411 g/mol. The fraction of sp³-hybridized carbons (Fsp3) is 0.440. The molecule has 0 saturated carbocycles. The standard InChI is InChI=1S/C25H31FN2O2/c1-4-5-6-21-9-13-24(14-10-21)30-18-27-15-19(2)28(25(17-29)20(27)3)16-22-7-11-23(26)12-8-22/h7-14,19-20H,4-6,15-16,18H2,1-3H3/t19-,20+/m1/s1. The summed E-state index contributed by atoms with van der Waals surface area (Å²) >= 11 is 0. The highest BCUT2D eigenvalue weighted by atomic mass is 19.1. The van der Waals surface area contributed by atoms with Gasteiger partial charge in [0.05, 0.1) is 6.04 Å². The maximum atomic E-state index is 13.2. The van der Waals surface area contributed by atoms with Crippen LogP contribution in [0.3, 0.4) is 0 Å². The van der Waals surface area contributed by atoms with E-state index in [0.717, 1.165) is 24.3 Å². The largest absolute Gasteiger partial charge is 0.478 e. The molecule has 1 saturated heterocycles. The molecule has 5 heteroatoms. The molecular weight excluding hydrogens is 379 g/mol. The number of aryl methyl sites for hydroxylation is 1. The van der Waals surface area contributed by atoms with E-state index in [1.807, 2.05) is 19.1 Å². The van der Waals surface area contributed by atoms with Gasteiger partial charge in [-0.3, -0.25) is 4.90 Å². The van der Waals surface area contributed by atoms with Gasteiger partial charge in [-0.2, -0.15) is 0 Å². The molecule has 0 spiro atoms. The second kappa shape index (κ2) is 10.4. The minimum Gasteiger partial charge on any atom is -0.478 e. The lowest BCUT2D eigenvalue weighted by molar-refractivity contribution is 0.0286. The normalized spacial score (nSPS) is 19.6.